The van der Waals surface area contributed by atoms with Crippen LogP contribution < -0.4 is 5.73 Å². The van der Waals surface area contributed by atoms with Crippen molar-refractivity contribution in [2.45, 2.75) is 32.3 Å². The third-order valence-electron chi connectivity index (χ3n) is 3.70. The summed E-state index contributed by atoms with van der Waals surface area (Å²) in [5, 5.41) is 0. The number of hydrogen-bond donors (Lipinski definition) is 1. The van der Waals surface area contributed by atoms with Crippen LogP contribution >= 0.6 is 0 Å². The van der Waals surface area contributed by atoms with Gasteiger partial charge in [-0.05, 0) is 44.9 Å². The number of halogens is 1. The summed E-state index contributed by atoms with van der Waals surface area (Å²) in [6.07, 6.45) is -0.361. The molecule has 5 heteroatoms. The first-order chi connectivity index (χ1) is 9.81. The van der Waals surface area contributed by atoms with Crippen LogP contribution in [0.5, 0.6) is 0 Å². The number of benzene rings is 1. The molecule has 0 aromatic heterocycles. The molecule has 1 aromatic carbocycles. The summed E-state index contributed by atoms with van der Waals surface area (Å²) in [6, 6.07) is 6.68. The lowest BCUT2D eigenvalue weighted by Crippen LogP contribution is -2.35. The molecule has 0 spiro atoms. The second-order valence-electron chi connectivity index (χ2n) is 6.51. The average molecular weight is 294 g/mol. The van der Waals surface area contributed by atoms with E-state index in [1.165, 1.54) is 6.07 Å². The summed E-state index contributed by atoms with van der Waals surface area (Å²) in [7, 11) is 0. The van der Waals surface area contributed by atoms with Crippen LogP contribution in [0.4, 0.5) is 9.18 Å². The Kier molecular flexibility index (Phi) is 4.52. The van der Waals surface area contributed by atoms with Gasteiger partial charge >= 0.3 is 6.09 Å². The van der Waals surface area contributed by atoms with E-state index in [-0.39, 0.29) is 23.7 Å². The summed E-state index contributed by atoms with van der Waals surface area (Å²) in [4.78, 5) is 13.8. The van der Waals surface area contributed by atoms with Crippen LogP contribution in [0.25, 0.3) is 0 Å². The molecule has 21 heavy (non-hydrogen) atoms. The summed E-state index contributed by atoms with van der Waals surface area (Å²) < 4.78 is 19.4. The van der Waals surface area contributed by atoms with Gasteiger partial charge in [0.25, 0.3) is 0 Å². The predicted molar refractivity (Wildman–Crippen MR) is 79.5 cm³/mol. The van der Waals surface area contributed by atoms with Crippen LogP contribution in [-0.4, -0.2) is 36.2 Å². The topological polar surface area (TPSA) is 55.6 Å². The van der Waals surface area contributed by atoms with Crippen molar-refractivity contribution in [3.8, 4) is 0 Å². The summed E-state index contributed by atoms with van der Waals surface area (Å²) in [5.74, 6) is -0.273. The molecule has 2 unspecified atom stereocenters. The normalized spacial score (nSPS) is 22.4. The molecule has 1 aliphatic rings. The van der Waals surface area contributed by atoms with Crippen molar-refractivity contribution in [3.05, 3.63) is 35.6 Å². The van der Waals surface area contributed by atoms with Gasteiger partial charge in [-0.1, -0.05) is 18.2 Å². The molecule has 1 amide bonds. The Morgan fingerprint density at radius 1 is 1.38 bits per heavy atom. The summed E-state index contributed by atoms with van der Waals surface area (Å²) >= 11 is 0. The molecule has 4 nitrogen and oxygen atoms in total. The van der Waals surface area contributed by atoms with Gasteiger partial charge in [-0.15, -0.1) is 0 Å². The van der Waals surface area contributed by atoms with Crippen molar-refractivity contribution < 1.29 is 13.9 Å². The summed E-state index contributed by atoms with van der Waals surface area (Å²) in [5.41, 5.74) is 5.89. The molecule has 0 saturated carbocycles. The number of carbonyl (C=O) groups is 1. The zero-order chi connectivity index (χ0) is 15.6. The molecule has 1 fully saturated rings. The average Bonchev–Trinajstić information content (AvgIpc) is 2.81. The van der Waals surface area contributed by atoms with E-state index in [0.29, 0.717) is 25.2 Å². The highest BCUT2D eigenvalue weighted by Crippen LogP contribution is 2.34. The Hall–Kier alpha value is -1.62. The first kappa shape index (κ1) is 15.8. The number of nitrogens with zero attached hydrogens (tertiary/aromatic N) is 1. The molecule has 0 bridgehead atoms. The second kappa shape index (κ2) is 6.02. The Morgan fingerprint density at radius 2 is 2.05 bits per heavy atom. The van der Waals surface area contributed by atoms with Gasteiger partial charge in [0.2, 0.25) is 0 Å². The Balaban J connectivity index is 2.15. The van der Waals surface area contributed by atoms with E-state index in [0.717, 1.165) is 0 Å². The van der Waals surface area contributed by atoms with Gasteiger partial charge in [0.1, 0.15) is 11.4 Å². The number of rotatable bonds is 2. The number of nitrogens with two attached hydrogens (primary N) is 1. The Morgan fingerprint density at radius 3 is 2.62 bits per heavy atom. The quantitative estimate of drug-likeness (QED) is 0.912. The number of likely N-dealkylation sites (tertiary alicyclic amines) is 1. The number of amides is 1. The second-order valence-corrected chi connectivity index (χ2v) is 6.51. The van der Waals surface area contributed by atoms with Gasteiger partial charge < -0.3 is 15.4 Å². The molecule has 0 radical (unpaired) electrons. The van der Waals surface area contributed by atoms with E-state index >= 15 is 0 Å². The summed E-state index contributed by atoms with van der Waals surface area (Å²) in [6.45, 7) is 6.85. The SMILES string of the molecule is CC(C)(C)OC(=O)N1CC(CN)C(c2ccccc2F)C1. The van der Waals surface area contributed by atoms with E-state index in [1.54, 1.807) is 17.0 Å². The minimum absolute atomic E-state index is 0.0504. The first-order valence-electron chi connectivity index (χ1n) is 7.24. The fourth-order valence-corrected chi connectivity index (χ4v) is 2.71. The van der Waals surface area contributed by atoms with Crippen molar-refractivity contribution in [2.75, 3.05) is 19.6 Å². The third kappa shape index (κ3) is 3.73. The van der Waals surface area contributed by atoms with Gasteiger partial charge in [0.15, 0.2) is 0 Å². The molecule has 1 aromatic rings. The third-order valence-corrected chi connectivity index (χ3v) is 3.70. The van der Waals surface area contributed by atoms with E-state index in [1.807, 2.05) is 26.8 Å². The van der Waals surface area contributed by atoms with Gasteiger partial charge in [0.05, 0.1) is 0 Å². The molecule has 1 aliphatic heterocycles. The zero-order valence-corrected chi connectivity index (χ0v) is 12.8. The number of carbonyl (C=O) groups excluding carboxylic acids is 1. The molecule has 1 heterocycles. The van der Waals surface area contributed by atoms with Crippen molar-refractivity contribution >= 4 is 6.09 Å². The number of hydrogen-bond acceptors (Lipinski definition) is 3. The van der Waals surface area contributed by atoms with Crippen LogP contribution in [0.15, 0.2) is 24.3 Å². The lowest BCUT2D eigenvalue weighted by molar-refractivity contribution is 0.0287. The van der Waals surface area contributed by atoms with E-state index in [9.17, 15) is 9.18 Å². The van der Waals surface area contributed by atoms with Crippen LogP contribution in [0.3, 0.4) is 0 Å². The first-order valence-corrected chi connectivity index (χ1v) is 7.24. The monoisotopic (exact) mass is 294 g/mol. The van der Waals surface area contributed by atoms with Crippen molar-refractivity contribution in [3.63, 3.8) is 0 Å². The van der Waals surface area contributed by atoms with Crippen molar-refractivity contribution in [1.29, 1.82) is 0 Å². The number of ether oxygens (including phenoxy) is 1. The van der Waals surface area contributed by atoms with E-state index in [4.69, 9.17) is 10.5 Å². The van der Waals surface area contributed by atoms with Crippen LogP contribution in [-0.2, 0) is 4.74 Å². The molecule has 2 N–H and O–H groups in total. The highest BCUT2D eigenvalue weighted by molar-refractivity contribution is 5.68. The smallest absolute Gasteiger partial charge is 0.410 e. The molecule has 2 rings (SSSR count). The lowest BCUT2D eigenvalue weighted by Gasteiger charge is -2.24. The molecule has 1 saturated heterocycles. The van der Waals surface area contributed by atoms with Gasteiger partial charge in [-0.2, -0.15) is 0 Å². The maximum absolute atomic E-state index is 14.0. The van der Waals surface area contributed by atoms with E-state index < -0.39 is 5.60 Å². The van der Waals surface area contributed by atoms with Crippen LogP contribution in [0.1, 0.15) is 32.3 Å². The highest BCUT2D eigenvalue weighted by Gasteiger charge is 2.38. The van der Waals surface area contributed by atoms with Gasteiger partial charge in [-0.3, -0.25) is 0 Å². The maximum atomic E-state index is 14.0. The van der Waals surface area contributed by atoms with E-state index in [2.05, 4.69) is 0 Å². The molecular weight excluding hydrogens is 271 g/mol. The van der Waals surface area contributed by atoms with Gasteiger partial charge in [0, 0.05) is 19.0 Å². The van der Waals surface area contributed by atoms with Gasteiger partial charge in [-0.25, -0.2) is 9.18 Å². The fourth-order valence-electron chi connectivity index (χ4n) is 2.71. The molecular formula is C16H23FN2O2. The fraction of sp³-hybridized carbons (Fsp3) is 0.562. The van der Waals surface area contributed by atoms with Crippen molar-refractivity contribution in [1.82, 2.24) is 4.90 Å². The molecule has 116 valence electrons. The zero-order valence-electron chi connectivity index (χ0n) is 12.8. The van der Waals surface area contributed by atoms with Crippen LogP contribution in [0, 0.1) is 11.7 Å². The standard InChI is InChI=1S/C16H23FN2O2/c1-16(2,3)21-15(20)19-9-11(8-18)13(10-19)12-6-4-5-7-14(12)17/h4-7,11,13H,8-10,18H2,1-3H3. The van der Waals surface area contributed by atoms with Crippen molar-refractivity contribution in [2.24, 2.45) is 11.7 Å². The minimum Gasteiger partial charge on any atom is -0.444 e. The molecule has 2 atom stereocenters. The maximum Gasteiger partial charge on any atom is 0.410 e. The van der Waals surface area contributed by atoms with Crippen LogP contribution in [0.2, 0.25) is 0 Å². The minimum atomic E-state index is -0.536. The largest absolute Gasteiger partial charge is 0.444 e. The Bertz CT molecular complexity index is 513. The molecule has 0 aliphatic carbocycles. The Labute approximate surface area is 125 Å². The highest BCUT2D eigenvalue weighted by atomic mass is 19.1. The lowest BCUT2D eigenvalue weighted by atomic mass is 9.89. The predicted octanol–water partition coefficient (Wildman–Crippen LogP) is 2.73.